The van der Waals surface area contributed by atoms with Crippen LogP contribution >= 0.6 is 0 Å². The summed E-state index contributed by atoms with van der Waals surface area (Å²) in [5.74, 6) is -1.01. The standard InChI is InChI=1S/C16H14N2O2/c17-12-18(14-9-5-2-6-10-14)15(16(19)20)11-13-7-3-1-4-8-13/h1-10,15H,11H2,(H,19,20). The Morgan fingerprint density at radius 2 is 1.65 bits per heavy atom. The van der Waals surface area contributed by atoms with Crippen LogP contribution in [-0.2, 0) is 11.2 Å². The van der Waals surface area contributed by atoms with E-state index >= 15 is 0 Å². The highest BCUT2D eigenvalue weighted by Gasteiger charge is 2.26. The van der Waals surface area contributed by atoms with Crippen molar-refractivity contribution in [2.24, 2.45) is 0 Å². The first-order chi connectivity index (χ1) is 9.72. The minimum atomic E-state index is -1.01. The third-order valence-electron chi connectivity index (χ3n) is 3.01. The van der Waals surface area contributed by atoms with Gasteiger partial charge in [-0.3, -0.25) is 4.90 Å². The molecule has 0 aliphatic rings. The van der Waals surface area contributed by atoms with Crippen LogP contribution in [0.15, 0.2) is 60.7 Å². The molecule has 0 amide bonds. The Kier molecular flexibility index (Phi) is 4.35. The number of carboxylic acids is 1. The average molecular weight is 266 g/mol. The Morgan fingerprint density at radius 3 is 2.15 bits per heavy atom. The maximum Gasteiger partial charge on any atom is 0.327 e. The fraction of sp³-hybridized carbons (Fsp3) is 0.125. The largest absolute Gasteiger partial charge is 0.480 e. The summed E-state index contributed by atoms with van der Waals surface area (Å²) in [5, 5.41) is 18.7. The lowest BCUT2D eigenvalue weighted by Crippen LogP contribution is -2.39. The van der Waals surface area contributed by atoms with Crippen LogP contribution in [0.5, 0.6) is 0 Å². The molecule has 1 unspecified atom stereocenters. The second kappa shape index (κ2) is 6.39. The molecule has 0 saturated heterocycles. The van der Waals surface area contributed by atoms with Crippen LogP contribution in [0.1, 0.15) is 5.56 Å². The molecule has 2 rings (SSSR count). The highest BCUT2D eigenvalue weighted by Crippen LogP contribution is 2.18. The first-order valence-electron chi connectivity index (χ1n) is 6.23. The molecule has 0 aliphatic carbocycles. The summed E-state index contributed by atoms with van der Waals surface area (Å²) in [4.78, 5) is 12.7. The van der Waals surface area contributed by atoms with E-state index in [1.165, 1.54) is 4.90 Å². The normalized spacial score (nSPS) is 11.3. The summed E-state index contributed by atoms with van der Waals surface area (Å²) >= 11 is 0. The zero-order valence-corrected chi connectivity index (χ0v) is 10.8. The lowest BCUT2D eigenvalue weighted by Gasteiger charge is -2.23. The SMILES string of the molecule is N#CN(c1ccccc1)C(Cc1ccccc1)C(=O)O. The fourth-order valence-corrected chi connectivity index (χ4v) is 2.02. The second-order valence-electron chi connectivity index (χ2n) is 4.35. The van der Waals surface area contributed by atoms with E-state index in [9.17, 15) is 15.2 Å². The van der Waals surface area contributed by atoms with E-state index < -0.39 is 12.0 Å². The summed E-state index contributed by atoms with van der Waals surface area (Å²) < 4.78 is 0. The Labute approximate surface area is 117 Å². The van der Waals surface area contributed by atoms with Crippen LogP contribution in [0.3, 0.4) is 0 Å². The van der Waals surface area contributed by atoms with E-state index in [-0.39, 0.29) is 6.42 Å². The van der Waals surface area contributed by atoms with E-state index in [4.69, 9.17) is 0 Å². The highest BCUT2D eigenvalue weighted by atomic mass is 16.4. The van der Waals surface area contributed by atoms with Crippen LogP contribution in [0.4, 0.5) is 5.69 Å². The van der Waals surface area contributed by atoms with Gasteiger partial charge in [0.15, 0.2) is 6.19 Å². The van der Waals surface area contributed by atoms with Crippen LogP contribution in [0.25, 0.3) is 0 Å². The molecule has 0 aromatic heterocycles. The van der Waals surface area contributed by atoms with Gasteiger partial charge in [0.2, 0.25) is 0 Å². The first-order valence-corrected chi connectivity index (χ1v) is 6.23. The van der Waals surface area contributed by atoms with Gasteiger partial charge in [-0.1, -0.05) is 48.5 Å². The van der Waals surface area contributed by atoms with E-state index in [0.717, 1.165) is 5.56 Å². The minimum Gasteiger partial charge on any atom is -0.480 e. The zero-order chi connectivity index (χ0) is 14.4. The van der Waals surface area contributed by atoms with Crippen molar-refractivity contribution in [3.63, 3.8) is 0 Å². The van der Waals surface area contributed by atoms with Gasteiger partial charge in [0, 0.05) is 6.42 Å². The highest BCUT2D eigenvalue weighted by molar-refractivity contribution is 5.79. The van der Waals surface area contributed by atoms with Gasteiger partial charge in [0.05, 0.1) is 5.69 Å². The number of rotatable bonds is 5. The van der Waals surface area contributed by atoms with Crippen molar-refractivity contribution in [2.45, 2.75) is 12.5 Å². The number of carboxylic acid groups (broad SMARTS) is 1. The Morgan fingerprint density at radius 1 is 1.10 bits per heavy atom. The Bertz CT molecular complexity index is 605. The second-order valence-corrected chi connectivity index (χ2v) is 4.35. The number of hydrogen-bond donors (Lipinski definition) is 1. The van der Waals surface area contributed by atoms with Crippen molar-refractivity contribution in [2.75, 3.05) is 4.90 Å². The molecule has 1 atom stereocenters. The first kappa shape index (κ1) is 13.6. The summed E-state index contributed by atoms with van der Waals surface area (Å²) in [6.07, 6.45) is 2.25. The van der Waals surface area contributed by atoms with Crippen LogP contribution in [-0.4, -0.2) is 17.1 Å². The number of anilines is 1. The van der Waals surface area contributed by atoms with Crippen LogP contribution in [0, 0.1) is 11.5 Å². The number of para-hydroxylation sites is 1. The number of benzene rings is 2. The molecule has 0 saturated carbocycles. The van der Waals surface area contributed by atoms with Gasteiger partial charge >= 0.3 is 5.97 Å². The number of nitriles is 1. The molecule has 1 N–H and O–H groups in total. The number of carbonyl (C=O) groups is 1. The van der Waals surface area contributed by atoms with Gasteiger partial charge in [-0.05, 0) is 17.7 Å². The molecule has 100 valence electrons. The van der Waals surface area contributed by atoms with Crippen molar-refractivity contribution in [1.82, 2.24) is 0 Å². The molecule has 0 fully saturated rings. The van der Waals surface area contributed by atoms with E-state index in [1.807, 2.05) is 42.6 Å². The average Bonchev–Trinajstić information content (AvgIpc) is 2.49. The van der Waals surface area contributed by atoms with Gasteiger partial charge in [-0.2, -0.15) is 5.26 Å². The summed E-state index contributed by atoms with van der Waals surface area (Å²) in [7, 11) is 0. The molecule has 0 spiro atoms. The molecule has 0 aliphatic heterocycles. The molecular formula is C16H14N2O2. The maximum absolute atomic E-state index is 11.5. The van der Waals surface area contributed by atoms with Gasteiger partial charge in [-0.25, -0.2) is 4.79 Å². The van der Waals surface area contributed by atoms with E-state index in [1.54, 1.807) is 24.3 Å². The minimum absolute atomic E-state index is 0.276. The number of nitrogens with zero attached hydrogens (tertiary/aromatic N) is 2. The monoisotopic (exact) mass is 266 g/mol. The van der Waals surface area contributed by atoms with Gasteiger partial charge in [0.1, 0.15) is 6.04 Å². The van der Waals surface area contributed by atoms with E-state index in [2.05, 4.69) is 0 Å². The third kappa shape index (κ3) is 3.15. The van der Waals surface area contributed by atoms with Crippen molar-refractivity contribution >= 4 is 11.7 Å². The van der Waals surface area contributed by atoms with Gasteiger partial charge in [-0.15, -0.1) is 0 Å². The molecule has 2 aromatic carbocycles. The van der Waals surface area contributed by atoms with Crippen molar-refractivity contribution in [3.05, 3.63) is 66.2 Å². The fourth-order valence-electron chi connectivity index (χ4n) is 2.02. The Balaban J connectivity index is 2.28. The summed E-state index contributed by atoms with van der Waals surface area (Å²) in [6, 6.07) is 17.2. The molecule has 4 nitrogen and oxygen atoms in total. The number of hydrogen-bond acceptors (Lipinski definition) is 3. The quantitative estimate of drug-likeness (QED) is 0.667. The van der Waals surface area contributed by atoms with E-state index in [0.29, 0.717) is 5.69 Å². The summed E-state index contributed by atoms with van der Waals surface area (Å²) in [6.45, 7) is 0. The molecule has 0 heterocycles. The molecule has 20 heavy (non-hydrogen) atoms. The van der Waals surface area contributed by atoms with Crippen LogP contribution < -0.4 is 4.90 Å². The summed E-state index contributed by atoms with van der Waals surface area (Å²) in [5.41, 5.74) is 1.47. The molecule has 0 radical (unpaired) electrons. The van der Waals surface area contributed by atoms with Crippen LogP contribution in [0.2, 0.25) is 0 Å². The predicted octanol–water partition coefficient (Wildman–Crippen LogP) is 2.67. The number of aliphatic carboxylic acids is 1. The zero-order valence-electron chi connectivity index (χ0n) is 10.8. The van der Waals surface area contributed by atoms with Crippen molar-refractivity contribution in [1.29, 1.82) is 5.26 Å². The van der Waals surface area contributed by atoms with Gasteiger partial charge < -0.3 is 5.11 Å². The third-order valence-corrected chi connectivity index (χ3v) is 3.01. The molecular weight excluding hydrogens is 252 g/mol. The van der Waals surface area contributed by atoms with Crippen molar-refractivity contribution < 1.29 is 9.90 Å². The maximum atomic E-state index is 11.5. The predicted molar refractivity (Wildman–Crippen MR) is 76.1 cm³/mol. The topological polar surface area (TPSA) is 64.3 Å². The molecule has 4 heteroatoms. The molecule has 0 bridgehead atoms. The smallest absolute Gasteiger partial charge is 0.327 e. The Hall–Kier alpha value is -2.80. The molecule has 2 aromatic rings. The lowest BCUT2D eigenvalue weighted by atomic mass is 10.0. The van der Waals surface area contributed by atoms with Gasteiger partial charge in [0.25, 0.3) is 0 Å². The lowest BCUT2D eigenvalue weighted by molar-refractivity contribution is -0.138. The van der Waals surface area contributed by atoms with Crippen molar-refractivity contribution in [3.8, 4) is 6.19 Å².